The van der Waals surface area contributed by atoms with Crippen LogP contribution in [0.5, 0.6) is 0 Å². The summed E-state index contributed by atoms with van der Waals surface area (Å²) in [5, 5.41) is 9.92. The number of nitrogens with zero attached hydrogens (tertiary/aromatic N) is 1. The van der Waals surface area contributed by atoms with Gasteiger partial charge in [-0.25, -0.2) is 0 Å². The number of likely N-dealkylation sites (tertiary alicyclic amines) is 1. The summed E-state index contributed by atoms with van der Waals surface area (Å²) in [4.78, 5) is 14.4. The largest absolute Gasteiger partial charge is 0.480 e. The predicted octanol–water partition coefficient (Wildman–Crippen LogP) is 3.14. The first-order valence-corrected chi connectivity index (χ1v) is 7.57. The number of carbonyl (C=O) groups is 1. The molecule has 18 heavy (non-hydrogen) atoms. The van der Waals surface area contributed by atoms with Gasteiger partial charge in [-0.15, -0.1) is 0 Å². The molecule has 3 nitrogen and oxygen atoms in total. The fraction of sp³-hybridized carbons (Fsp3) is 0.933. The van der Waals surface area contributed by atoms with Crippen molar-refractivity contribution in [3.8, 4) is 0 Å². The van der Waals surface area contributed by atoms with Gasteiger partial charge in [0.2, 0.25) is 0 Å². The highest BCUT2D eigenvalue weighted by atomic mass is 16.4. The number of rotatable bonds is 3. The topological polar surface area (TPSA) is 40.5 Å². The average molecular weight is 253 g/mol. The molecular weight excluding hydrogens is 226 g/mol. The fourth-order valence-electron chi connectivity index (χ4n) is 4.15. The molecule has 2 rings (SSSR count). The average Bonchev–Trinajstić information content (AvgIpc) is 2.39. The Bertz CT molecular complexity index is 297. The van der Waals surface area contributed by atoms with Crippen LogP contribution in [0, 0.1) is 11.8 Å². The van der Waals surface area contributed by atoms with Crippen molar-refractivity contribution in [1.29, 1.82) is 0 Å². The Hall–Kier alpha value is -0.570. The molecule has 0 bridgehead atoms. The molecule has 1 saturated carbocycles. The molecule has 1 N–H and O–H groups in total. The number of aliphatic carboxylic acids is 1. The highest BCUT2D eigenvalue weighted by molar-refractivity contribution is 5.79. The van der Waals surface area contributed by atoms with Crippen molar-refractivity contribution in [2.75, 3.05) is 13.1 Å². The fourth-order valence-corrected chi connectivity index (χ4v) is 4.15. The van der Waals surface area contributed by atoms with Gasteiger partial charge in [0, 0.05) is 0 Å². The molecule has 1 heterocycles. The maximum Gasteiger partial charge on any atom is 0.324 e. The molecule has 104 valence electrons. The first-order valence-electron chi connectivity index (χ1n) is 7.57. The van der Waals surface area contributed by atoms with Gasteiger partial charge in [-0.1, -0.05) is 33.1 Å². The molecule has 1 aliphatic carbocycles. The van der Waals surface area contributed by atoms with Crippen LogP contribution >= 0.6 is 0 Å². The number of hydrogen-bond donors (Lipinski definition) is 1. The van der Waals surface area contributed by atoms with Crippen LogP contribution in [0.3, 0.4) is 0 Å². The molecular formula is C15H27NO2. The van der Waals surface area contributed by atoms with E-state index in [1.165, 1.54) is 25.7 Å². The Morgan fingerprint density at radius 3 is 2.39 bits per heavy atom. The monoisotopic (exact) mass is 253 g/mol. The van der Waals surface area contributed by atoms with E-state index in [2.05, 4.69) is 18.7 Å². The molecule has 0 radical (unpaired) electrons. The molecule has 0 aromatic rings. The number of hydrogen-bond acceptors (Lipinski definition) is 2. The van der Waals surface area contributed by atoms with Gasteiger partial charge in [0.25, 0.3) is 0 Å². The normalized spacial score (nSPS) is 34.7. The summed E-state index contributed by atoms with van der Waals surface area (Å²) in [5.41, 5.74) is -0.563. The molecule has 2 fully saturated rings. The summed E-state index contributed by atoms with van der Waals surface area (Å²) >= 11 is 0. The third-order valence-corrected chi connectivity index (χ3v) is 5.03. The lowest BCUT2D eigenvalue weighted by Gasteiger charge is -2.51. The van der Waals surface area contributed by atoms with E-state index >= 15 is 0 Å². The SMILES string of the molecule is CC(C)C1CCCCC1(C(=O)O)N1CCCCC1. The minimum Gasteiger partial charge on any atom is -0.480 e. The van der Waals surface area contributed by atoms with Crippen LogP contribution in [-0.2, 0) is 4.79 Å². The summed E-state index contributed by atoms with van der Waals surface area (Å²) in [7, 11) is 0. The van der Waals surface area contributed by atoms with Crippen molar-refractivity contribution in [3.05, 3.63) is 0 Å². The van der Waals surface area contributed by atoms with Crippen LogP contribution in [0.1, 0.15) is 58.8 Å². The molecule has 2 aliphatic rings. The van der Waals surface area contributed by atoms with E-state index in [1.807, 2.05) is 0 Å². The summed E-state index contributed by atoms with van der Waals surface area (Å²) in [6.07, 6.45) is 7.81. The van der Waals surface area contributed by atoms with E-state index in [1.54, 1.807) is 0 Å². The first kappa shape index (κ1) is 13.9. The van der Waals surface area contributed by atoms with E-state index in [9.17, 15) is 9.90 Å². The lowest BCUT2D eigenvalue weighted by Crippen LogP contribution is -2.63. The van der Waals surface area contributed by atoms with Crippen molar-refractivity contribution < 1.29 is 9.90 Å². The van der Waals surface area contributed by atoms with Crippen LogP contribution < -0.4 is 0 Å². The van der Waals surface area contributed by atoms with E-state index in [0.717, 1.165) is 32.4 Å². The molecule has 0 aromatic heterocycles. The molecule has 1 saturated heterocycles. The van der Waals surface area contributed by atoms with Crippen molar-refractivity contribution in [2.45, 2.75) is 64.3 Å². The summed E-state index contributed by atoms with van der Waals surface area (Å²) in [5.74, 6) is 0.216. The van der Waals surface area contributed by atoms with Gasteiger partial charge in [0.05, 0.1) is 0 Å². The van der Waals surface area contributed by atoms with Gasteiger partial charge in [0.1, 0.15) is 5.54 Å². The van der Waals surface area contributed by atoms with E-state index < -0.39 is 11.5 Å². The molecule has 0 aromatic carbocycles. The predicted molar refractivity (Wildman–Crippen MR) is 72.6 cm³/mol. The van der Waals surface area contributed by atoms with Gasteiger partial charge in [-0.05, 0) is 50.6 Å². The third-order valence-electron chi connectivity index (χ3n) is 5.03. The molecule has 0 spiro atoms. The maximum absolute atomic E-state index is 12.0. The maximum atomic E-state index is 12.0. The minimum atomic E-state index is -0.567. The van der Waals surface area contributed by atoms with Gasteiger partial charge in [-0.2, -0.15) is 0 Å². The Kier molecular flexibility index (Phi) is 4.31. The number of carboxylic acids is 1. The Balaban J connectivity index is 2.30. The zero-order chi connectivity index (χ0) is 13.2. The number of piperidine rings is 1. The van der Waals surface area contributed by atoms with Crippen molar-refractivity contribution in [1.82, 2.24) is 4.90 Å². The quantitative estimate of drug-likeness (QED) is 0.840. The van der Waals surface area contributed by atoms with Gasteiger partial charge >= 0.3 is 5.97 Å². The highest BCUT2D eigenvalue weighted by Crippen LogP contribution is 2.43. The molecule has 2 atom stereocenters. The Morgan fingerprint density at radius 1 is 1.17 bits per heavy atom. The Morgan fingerprint density at radius 2 is 1.83 bits per heavy atom. The minimum absolute atomic E-state index is 0.321. The van der Waals surface area contributed by atoms with Gasteiger partial charge in [-0.3, -0.25) is 9.69 Å². The summed E-state index contributed by atoms with van der Waals surface area (Å²) in [6.45, 7) is 6.35. The van der Waals surface area contributed by atoms with Gasteiger partial charge in [0.15, 0.2) is 0 Å². The third kappa shape index (κ3) is 2.29. The standard InChI is InChI=1S/C15H27NO2/c1-12(2)13-8-4-5-9-15(13,14(17)18)16-10-6-3-7-11-16/h12-13H,3-11H2,1-2H3,(H,17,18). The van der Waals surface area contributed by atoms with E-state index in [4.69, 9.17) is 0 Å². The second-order valence-corrected chi connectivity index (χ2v) is 6.37. The zero-order valence-electron chi connectivity index (χ0n) is 11.8. The highest BCUT2D eigenvalue weighted by Gasteiger charge is 2.52. The molecule has 0 amide bonds. The lowest BCUT2D eigenvalue weighted by atomic mass is 9.66. The molecule has 1 aliphatic heterocycles. The molecule has 3 heteroatoms. The van der Waals surface area contributed by atoms with Crippen LogP contribution in [0.25, 0.3) is 0 Å². The van der Waals surface area contributed by atoms with E-state index in [-0.39, 0.29) is 0 Å². The summed E-state index contributed by atoms with van der Waals surface area (Å²) in [6, 6.07) is 0. The van der Waals surface area contributed by atoms with E-state index in [0.29, 0.717) is 11.8 Å². The van der Waals surface area contributed by atoms with Crippen molar-refractivity contribution >= 4 is 5.97 Å². The lowest BCUT2D eigenvalue weighted by molar-refractivity contribution is -0.162. The van der Waals surface area contributed by atoms with Crippen LogP contribution in [0.15, 0.2) is 0 Å². The Labute approximate surface area is 111 Å². The van der Waals surface area contributed by atoms with Gasteiger partial charge < -0.3 is 5.11 Å². The number of carboxylic acid groups (broad SMARTS) is 1. The zero-order valence-corrected chi connectivity index (χ0v) is 11.8. The second-order valence-electron chi connectivity index (χ2n) is 6.37. The van der Waals surface area contributed by atoms with Crippen LogP contribution in [0.4, 0.5) is 0 Å². The smallest absolute Gasteiger partial charge is 0.324 e. The van der Waals surface area contributed by atoms with Crippen LogP contribution in [-0.4, -0.2) is 34.6 Å². The van der Waals surface area contributed by atoms with Crippen LogP contribution in [0.2, 0.25) is 0 Å². The van der Waals surface area contributed by atoms with Crippen molar-refractivity contribution in [2.24, 2.45) is 11.8 Å². The molecule has 2 unspecified atom stereocenters. The summed E-state index contributed by atoms with van der Waals surface area (Å²) < 4.78 is 0. The second kappa shape index (κ2) is 5.60. The first-order chi connectivity index (χ1) is 8.59. The van der Waals surface area contributed by atoms with Crippen molar-refractivity contribution in [3.63, 3.8) is 0 Å².